The average molecular weight is 309 g/mol. The first kappa shape index (κ1) is 13.8. The third-order valence-corrected chi connectivity index (χ3v) is 5.08. The van der Waals surface area contributed by atoms with Gasteiger partial charge in [-0.2, -0.15) is 5.10 Å². The number of nitrogens with zero attached hydrogens (tertiary/aromatic N) is 4. The summed E-state index contributed by atoms with van der Waals surface area (Å²) in [4.78, 5) is 8.04. The molecule has 2 aromatic rings. The van der Waals surface area contributed by atoms with Gasteiger partial charge < -0.3 is 4.90 Å². The fourth-order valence-corrected chi connectivity index (χ4v) is 3.89. The van der Waals surface area contributed by atoms with E-state index in [9.17, 15) is 0 Å². The Kier molecular flexibility index (Phi) is 3.89. The van der Waals surface area contributed by atoms with Crippen molar-refractivity contribution in [2.45, 2.75) is 33.2 Å². The van der Waals surface area contributed by atoms with Crippen molar-refractivity contribution in [1.82, 2.24) is 19.7 Å². The Labute approximate surface area is 127 Å². The maximum absolute atomic E-state index is 5.24. The van der Waals surface area contributed by atoms with Crippen LogP contribution in [-0.2, 0) is 6.54 Å². The Hall–Kier alpha value is -1.21. The minimum absolute atomic E-state index is 0.670. The van der Waals surface area contributed by atoms with Crippen LogP contribution in [0.5, 0.6) is 0 Å². The number of nitrogens with one attached hydrogen (secondary N) is 1. The minimum atomic E-state index is 0.670. The smallest absolute Gasteiger partial charge is 0.195 e. The van der Waals surface area contributed by atoms with Crippen LogP contribution >= 0.6 is 23.6 Å². The molecule has 0 amide bonds. The zero-order valence-electron chi connectivity index (χ0n) is 11.8. The highest BCUT2D eigenvalue weighted by atomic mass is 32.1. The molecule has 5 nitrogen and oxygen atoms in total. The van der Waals surface area contributed by atoms with Crippen LogP contribution < -0.4 is 4.90 Å². The molecular weight excluding hydrogens is 290 g/mol. The van der Waals surface area contributed by atoms with E-state index in [-0.39, 0.29) is 0 Å². The van der Waals surface area contributed by atoms with Crippen molar-refractivity contribution in [2.24, 2.45) is 5.92 Å². The second kappa shape index (κ2) is 5.65. The highest BCUT2D eigenvalue weighted by Gasteiger charge is 2.20. The molecule has 1 unspecified atom stereocenters. The number of thiazole rings is 1. The normalized spacial score (nSPS) is 19.5. The van der Waals surface area contributed by atoms with Crippen molar-refractivity contribution in [3.8, 4) is 10.7 Å². The predicted molar refractivity (Wildman–Crippen MR) is 84.8 cm³/mol. The van der Waals surface area contributed by atoms with Crippen LogP contribution in [0, 0.1) is 10.7 Å². The summed E-state index contributed by atoms with van der Waals surface area (Å²) in [7, 11) is 0. The molecule has 0 bridgehead atoms. The Bertz CT molecular complexity index is 641. The number of H-pyrrole nitrogens is 1. The van der Waals surface area contributed by atoms with Crippen LogP contribution in [0.2, 0.25) is 0 Å². The summed E-state index contributed by atoms with van der Waals surface area (Å²) in [6, 6.07) is 0. The predicted octanol–water partition coefficient (Wildman–Crippen LogP) is 3.32. The molecule has 3 heterocycles. The molecule has 2 aromatic heterocycles. The van der Waals surface area contributed by atoms with E-state index in [1.165, 1.54) is 12.8 Å². The lowest BCUT2D eigenvalue weighted by atomic mass is 10.0. The lowest BCUT2D eigenvalue weighted by Gasteiger charge is -2.30. The third kappa shape index (κ3) is 2.52. The molecule has 0 saturated carbocycles. The van der Waals surface area contributed by atoms with Gasteiger partial charge in [0.05, 0.1) is 11.1 Å². The Morgan fingerprint density at radius 3 is 3.15 bits per heavy atom. The summed E-state index contributed by atoms with van der Waals surface area (Å²) in [5.74, 6) is 1.65. The van der Waals surface area contributed by atoms with E-state index < -0.39 is 0 Å². The van der Waals surface area contributed by atoms with Crippen LogP contribution in [0.3, 0.4) is 0 Å². The molecule has 0 aromatic carbocycles. The van der Waals surface area contributed by atoms with Crippen molar-refractivity contribution in [3.05, 3.63) is 11.0 Å². The van der Waals surface area contributed by atoms with Crippen LogP contribution in [0.15, 0.2) is 6.20 Å². The number of aromatic amines is 1. The van der Waals surface area contributed by atoms with Crippen LogP contribution in [0.4, 0.5) is 5.13 Å². The molecule has 7 heteroatoms. The number of aromatic nitrogens is 4. The van der Waals surface area contributed by atoms with Crippen LogP contribution in [0.25, 0.3) is 10.7 Å². The van der Waals surface area contributed by atoms with Gasteiger partial charge in [-0.25, -0.2) is 4.98 Å². The Morgan fingerprint density at radius 2 is 2.40 bits per heavy atom. The van der Waals surface area contributed by atoms with E-state index in [0.717, 1.165) is 41.4 Å². The van der Waals surface area contributed by atoms with Crippen LogP contribution in [-0.4, -0.2) is 32.8 Å². The zero-order chi connectivity index (χ0) is 14.1. The van der Waals surface area contributed by atoms with E-state index in [0.29, 0.717) is 4.77 Å². The third-order valence-electron chi connectivity index (χ3n) is 3.72. The summed E-state index contributed by atoms with van der Waals surface area (Å²) in [5, 5.41) is 8.29. The van der Waals surface area contributed by atoms with Crippen molar-refractivity contribution < 1.29 is 0 Å². The molecule has 20 heavy (non-hydrogen) atoms. The van der Waals surface area contributed by atoms with E-state index in [4.69, 9.17) is 12.2 Å². The highest BCUT2D eigenvalue weighted by molar-refractivity contribution is 7.71. The second-order valence-electron chi connectivity index (χ2n) is 5.30. The Balaban J connectivity index is 1.88. The molecule has 1 N–H and O–H groups in total. The first-order valence-corrected chi connectivity index (χ1v) is 8.28. The van der Waals surface area contributed by atoms with E-state index in [2.05, 4.69) is 33.9 Å². The number of anilines is 1. The molecule has 1 atom stereocenters. The summed E-state index contributed by atoms with van der Waals surface area (Å²) in [6.45, 7) is 7.41. The molecule has 1 aliphatic rings. The first-order chi connectivity index (χ1) is 9.69. The van der Waals surface area contributed by atoms with Crippen molar-refractivity contribution in [3.63, 3.8) is 0 Å². The highest BCUT2D eigenvalue weighted by Crippen LogP contribution is 2.32. The fraction of sp³-hybridized carbons (Fsp3) is 0.615. The molecule has 0 radical (unpaired) electrons. The molecule has 0 spiro atoms. The molecule has 108 valence electrons. The minimum Gasteiger partial charge on any atom is -0.348 e. The van der Waals surface area contributed by atoms with Gasteiger partial charge >= 0.3 is 0 Å². The number of rotatable bonds is 3. The number of hydrogen-bond donors (Lipinski definition) is 1. The van der Waals surface area contributed by atoms with Gasteiger partial charge in [0.2, 0.25) is 0 Å². The lowest BCUT2D eigenvalue weighted by Crippen LogP contribution is -2.34. The van der Waals surface area contributed by atoms with Crippen molar-refractivity contribution in [2.75, 3.05) is 18.0 Å². The summed E-state index contributed by atoms with van der Waals surface area (Å²) in [5.41, 5.74) is 0. The molecule has 1 aliphatic heterocycles. The molecule has 1 saturated heterocycles. The second-order valence-corrected chi connectivity index (χ2v) is 6.69. The molecular formula is C13H19N5S2. The monoisotopic (exact) mass is 309 g/mol. The summed E-state index contributed by atoms with van der Waals surface area (Å²) in [6.07, 6.45) is 4.49. The molecule has 0 aliphatic carbocycles. The van der Waals surface area contributed by atoms with Gasteiger partial charge in [-0.15, -0.1) is 0 Å². The maximum atomic E-state index is 5.24. The quantitative estimate of drug-likeness (QED) is 0.884. The summed E-state index contributed by atoms with van der Waals surface area (Å²) < 4.78 is 2.68. The van der Waals surface area contributed by atoms with E-state index in [1.807, 2.05) is 10.8 Å². The molecule has 1 fully saturated rings. The van der Waals surface area contributed by atoms with Gasteiger partial charge in [-0.05, 0) is 37.9 Å². The largest absolute Gasteiger partial charge is 0.348 e. The van der Waals surface area contributed by atoms with Crippen molar-refractivity contribution >= 4 is 28.7 Å². The molecule has 3 rings (SSSR count). The number of hydrogen-bond acceptors (Lipinski definition) is 5. The van der Waals surface area contributed by atoms with Gasteiger partial charge in [-0.3, -0.25) is 9.67 Å². The Morgan fingerprint density at radius 1 is 1.55 bits per heavy atom. The SMILES string of the molecule is CCn1c(-c2cnc(N3CCCC(C)C3)s2)n[nH]c1=S. The van der Waals surface area contributed by atoms with E-state index in [1.54, 1.807) is 11.3 Å². The fourth-order valence-electron chi connectivity index (χ4n) is 2.68. The zero-order valence-corrected chi connectivity index (χ0v) is 13.4. The first-order valence-electron chi connectivity index (χ1n) is 7.05. The van der Waals surface area contributed by atoms with E-state index >= 15 is 0 Å². The van der Waals surface area contributed by atoms with Gasteiger partial charge in [0.15, 0.2) is 15.7 Å². The lowest BCUT2D eigenvalue weighted by molar-refractivity contribution is 0.446. The number of piperidine rings is 1. The summed E-state index contributed by atoms with van der Waals surface area (Å²) >= 11 is 6.94. The van der Waals surface area contributed by atoms with Crippen molar-refractivity contribution in [1.29, 1.82) is 0 Å². The van der Waals surface area contributed by atoms with Gasteiger partial charge in [0.1, 0.15) is 0 Å². The van der Waals surface area contributed by atoms with Gasteiger partial charge in [-0.1, -0.05) is 18.3 Å². The van der Waals surface area contributed by atoms with Gasteiger partial charge in [0.25, 0.3) is 0 Å². The topological polar surface area (TPSA) is 49.7 Å². The average Bonchev–Trinajstić information content (AvgIpc) is 3.04. The van der Waals surface area contributed by atoms with Gasteiger partial charge in [0, 0.05) is 19.6 Å². The standard InChI is InChI=1S/C13H19N5S2/c1-3-18-11(15-16-12(18)19)10-7-14-13(20-10)17-6-4-5-9(2)8-17/h7,9H,3-6,8H2,1-2H3,(H,16,19). The van der Waals surface area contributed by atoms with Crippen LogP contribution in [0.1, 0.15) is 26.7 Å². The maximum Gasteiger partial charge on any atom is 0.195 e.